The van der Waals surface area contributed by atoms with Crippen LogP contribution >= 0.6 is 0 Å². The highest BCUT2D eigenvalue weighted by Gasteiger charge is 2.24. The average Bonchev–Trinajstić information content (AvgIpc) is 3.14. The van der Waals surface area contributed by atoms with Crippen LogP contribution < -0.4 is 5.32 Å². The topological polar surface area (TPSA) is 52.7 Å². The molecule has 2 aliphatic heterocycles. The maximum Gasteiger partial charge on any atom is 0.253 e. The number of likely N-dealkylation sites (N-methyl/N-ethyl adjacent to an activating group) is 1. The van der Waals surface area contributed by atoms with Gasteiger partial charge in [0.15, 0.2) is 0 Å². The first-order valence-electron chi connectivity index (χ1n) is 8.99. The molecule has 0 bridgehead atoms. The van der Waals surface area contributed by atoms with E-state index in [-0.39, 0.29) is 11.8 Å². The second-order valence-electron chi connectivity index (χ2n) is 6.84. The molecule has 1 aromatic carbocycles. The van der Waals surface area contributed by atoms with Crippen molar-refractivity contribution in [3.63, 3.8) is 0 Å². The fourth-order valence-electron chi connectivity index (χ4n) is 3.64. The molecule has 5 nitrogen and oxygen atoms in total. The van der Waals surface area contributed by atoms with Gasteiger partial charge in [0, 0.05) is 45.2 Å². The quantitative estimate of drug-likeness (QED) is 0.897. The van der Waals surface area contributed by atoms with Gasteiger partial charge in [-0.15, -0.1) is 0 Å². The highest BCUT2D eigenvalue weighted by molar-refractivity contribution is 5.95. The van der Waals surface area contributed by atoms with Gasteiger partial charge in [0.25, 0.3) is 5.91 Å². The summed E-state index contributed by atoms with van der Waals surface area (Å²) >= 11 is 0. The maximum atomic E-state index is 12.9. The van der Waals surface area contributed by atoms with Crippen LogP contribution in [-0.4, -0.2) is 61.4 Å². The number of amides is 2. The number of hydrogen-bond donors (Lipinski definition) is 1. The molecule has 0 aliphatic carbocycles. The van der Waals surface area contributed by atoms with Crippen molar-refractivity contribution in [2.24, 2.45) is 0 Å². The number of likely N-dealkylation sites (tertiary alicyclic amines) is 1. The molecule has 0 spiro atoms. The van der Waals surface area contributed by atoms with E-state index in [1.54, 1.807) is 4.90 Å². The van der Waals surface area contributed by atoms with Crippen LogP contribution in [0.5, 0.6) is 0 Å². The Bertz CT molecular complexity index is 596. The Kier molecular flexibility index (Phi) is 5.51. The molecule has 2 aliphatic rings. The summed E-state index contributed by atoms with van der Waals surface area (Å²) < 4.78 is 0. The monoisotopic (exact) mass is 329 g/mol. The number of hydrogen-bond acceptors (Lipinski definition) is 3. The van der Waals surface area contributed by atoms with Crippen molar-refractivity contribution in [2.45, 2.75) is 31.6 Å². The van der Waals surface area contributed by atoms with Gasteiger partial charge in [0.2, 0.25) is 5.91 Å². The molecule has 0 aromatic heterocycles. The van der Waals surface area contributed by atoms with E-state index in [2.05, 4.69) is 11.4 Å². The van der Waals surface area contributed by atoms with Crippen LogP contribution in [0.3, 0.4) is 0 Å². The minimum absolute atomic E-state index is 0.0574. The van der Waals surface area contributed by atoms with Gasteiger partial charge in [-0.2, -0.15) is 0 Å². The van der Waals surface area contributed by atoms with Crippen LogP contribution in [0.2, 0.25) is 0 Å². The van der Waals surface area contributed by atoms with Crippen molar-refractivity contribution in [3.05, 3.63) is 35.4 Å². The van der Waals surface area contributed by atoms with E-state index in [1.807, 2.05) is 30.1 Å². The summed E-state index contributed by atoms with van der Waals surface area (Å²) in [7, 11) is 1.83. The number of benzene rings is 1. The van der Waals surface area contributed by atoms with Crippen LogP contribution in [0, 0.1) is 0 Å². The second-order valence-corrected chi connectivity index (χ2v) is 6.84. The van der Waals surface area contributed by atoms with E-state index in [9.17, 15) is 9.59 Å². The Hall–Kier alpha value is -1.88. The summed E-state index contributed by atoms with van der Waals surface area (Å²) in [5.74, 6) is 0.698. The minimum atomic E-state index is 0.0574. The van der Waals surface area contributed by atoms with E-state index in [1.165, 1.54) is 0 Å². The predicted molar refractivity (Wildman–Crippen MR) is 94.1 cm³/mol. The SMILES string of the molecule is CN(CCN1CCCCC1=O)C(=O)c1ccccc1[C@H]1CCNC1. The van der Waals surface area contributed by atoms with Gasteiger partial charge >= 0.3 is 0 Å². The minimum Gasteiger partial charge on any atom is -0.341 e. The number of piperidine rings is 1. The zero-order chi connectivity index (χ0) is 16.9. The van der Waals surface area contributed by atoms with Gasteiger partial charge in [0.05, 0.1) is 0 Å². The van der Waals surface area contributed by atoms with E-state index >= 15 is 0 Å². The molecule has 130 valence electrons. The first-order chi connectivity index (χ1) is 11.7. The molecular formula is C19H27N3O2. The van der Waals surface area contributed by atoms with Crippen molar-refractivity contribution < 1.29 is 9.59 Å². The van der Waals surface area contributed by atoms with Crippen LogP contribution in [0.4, 0.5) is 0 Å². The molecule has 2 heterocycles. The van der Waals surface area contributed by atoms with Gasteiger partial charge in [-0.25, -0.2) is 0 Å². The molecule has 5 heteroatoms. The number of nitrogens with one attached hydrogen (secondary N) is 1. The maximum absolute atomic E-state index is 12.9. The Morgan fingerprint density at radius 2 is 2.17 bits per heavy atom. The lowest BCUT2D eigenvalue weighted by Gasteiger charge is -2.29. The summed E-state index contributed by atoms with van der Waals surface area (Å²) in [6.45, 7) is 4.00. The summed E-state index contributed by atoms with van der Waals surface area (Å²) in [4.78, 5) is 28.4. The van der Waals surface area contributed by atoms with Gasteiger partial charge in [0.1, 0.15) is 0 Å². The molecule has 0 unspecified atom stereocenters. The third-order valence-electron chi connectivity index (χ3n) is 5.16. The smallest absolute Gasteiger partial charge is 0.253 e. The molecular weight excluding hydrogens is 302 g/mol. The van der Waals surface area contributed by atoms with Gasteiger partial charge in [-0.05, 0) is 43.4 Å². The lowest BCUT2D eigenvalue weighted by molar-refractivity contribution is -0.133. The van der Waals surface area contributed by atoms with Crippen LogP contribution in [0.25, 0.3) is 0 Å². The van der Waals surface area contributed by atoms with Crippen molar-refractivity contribution in [1.82, 2.24) is 15.1 Å². The van der Waals surface area contributed by atoms with Crippen LogP contribution in [0.15, 0.2) is 24.3 Å². The number of carbonyl (C=O) groups is 2. The van der Waals surface area contributed by atoms with E-state index in [0.29, 0.717) is 25.4 Å². The largest absolute Gasteiger partial charge is 0.341 e. The second kappa shape index (κ2) is 7.79. The third-order valence-corrected chi connectivity index (χ3v) is 5.16. The molecule has 1 N–H and O–H groups in total. The Morgan fingerprint density at radius 1 is 1.33 bits per heavy atom. The third kappa shape index (κ3) is 3.78. The Balaban J connectivity index is 1.64. The van der Waals surface area contributed by atoms with Crippen LogP contribution in [-0.2, 0) is 4.79 Å². The van der Waals surface area contributed by atoms with E-state index in [4.69, 9.17) is 0 Å². The summed E-state index contributed by atoms with van der Waals surface area (Å²) in [6.07, 6.45) is 3.79. The highest BCUT2D eigenvalue weighted by Crippen LogP contribution is 2.26. The average molecular weight is 329 g/mol. The number of carbonyl (C=O) groups excluding carboxylic acids is 2. The predicted octanol–water partition coefficient (Wildman–Crippen LogP) is 1.85. The molecule has 3 rings (SSSR count). The van der Waals surface area contributed by atoms with E-state index in [0.717, 1.165) is 50.0 Å². The molecule has 2 fully saturated rings. The molecule has 2 amide bonds. The highest BCUT2D eigenvalue weighted by atomic mass is 16.2. The van der Waals surface area contributed by atoms with E-state index < -0.39 is 0 Å². The molecule has 1 atom stereocenters. The molecule has 0 saturated carbocycles. The summed E-state index contributed by atoms with van der Waals surface area (Å²) in [6, 6.07) is 7.95. The first-order valence-corrected chi connectivity index (χ1v) is 8.99. The Labute approximate surface area is 144 Å². The number of nitrogens with zero attached hydrogens (tertiary/aromatic N) is 2. The molecule has 24 heavy (non-hydrogen) atoms. The lowest BCUT2D eigenvalue weighted by atomic mass is 9.93. The molecule has 0 radical (unpaired) electrons. The number of rotatable bonds is 5. The lowest BCUT2D eigenvalue weighted by Crippen LogP contribution is -2.41. The first kappa shape index (κ1) is 17.0. The van der Waals surface area contributed by atoms with Crippen molar-refractivity contribution in [1.29, 1.82) is 0 Å². The molecule has 2 saturated heterocycles. The fraction of sp³-hybridized carbons (Fsp3) is 0.579. The summed E-state index contributed by atoms with van der Waals surface area (Å²) in [5.41, 5.74) is 1.95. The van der Waals surface area contributed by atoms with Crippen molar-refractivity contribution in [2.75, 3.05) is 39.8 Å². The van der Waals surface area contributed by atoms with Crippen LogP contribution in [0.1, 0.15) is 47.5 Å². The fourth-order valence-corrected chi connectivity index (χ4v) is 3.64. The van der Waals surface area contributed by atoms with Gasteiger partial charge in [-0.1, -0.05) is 18.2 Å². The van der Waals surface area contributed by atoms with Crippen molar-refractivity contribution in [3.8, 4) is 0 Å². The Morgan fingerprint density at radius 3 is 2.92 bits per heavy atom. The standard InChI is InChI=1S/C19H27N3O2/c1-21(12-13-22-11-5-4-8-18(22)23)19(24)17-7-3-2-6-16(17)15-9-10-20-14-15/h2-3,6-7,15,20H,4-5,8-14H2,1H3/t15-/m0/s1. The van der Waals surface area contributed by atoms with Crippen molar-refractivity contribution >= 4 is 11.8 Å². The normalized spacial score (nSPS) is 21.1. The van der Waals surface area contributed by atoms with Gasteiger partial charge in [-0.3, -0.25) is 9.59 Å². The van der Waals surface area contributed by atoms with Gasteiger partial charge < -0.3 is 15.1 Å². The molecule has 1 aromatic rings. The zero-order valence-corrected chi connectivity index (χ0v) is 14.5. The summed E-state index contributed by atoms with van der Waals surface area (Å²) in [5, 5.41) is 3.37. The zero-order valence-electron chi connectivity index (χ0n) is 14.5.